The zero-order valence-electron chi connectivity index (χ0n) is 19.3. The number of hydrogen-bond donors (Lipinski definition) is 1. The maximum absolute atomic E-state index is 15.1. The minimum atomic E-state index is -1.14. The van der Waals surface area contributed by atoms with Gasteiger partial charge in [0.15, 0.2) is 23.0 Å². The summed E-state index contributed by atoms with van der Waals surface area (Å²) in [5.41, 5.74) is 0.0283. The van der Waals surface area contributed by atoms with Crippen LogP contribution in [0.1, 0.15) is 27.7 Å². The van der Waals surface area contributed by atoms with E-state index in [1.165, 1.54) is 28.9 Å². The summed E-state index contributed by atoms with van der Waals surface area (Å²) >= 11 is 0. The minimum Gasteiger partial charge on any atom is -0.502 e. The summed E-state index contributed by atoms with van der Waals surface area (Å²) in [6.45, 7) is -0.00245. The molecule has 5 rings (SSSR count). The first kappa shape index (κ1) is 23.6. The van der Waals surface area contributed by atoms with Gasteiger partial charge in [0.05, 0.1) is 12.6 Å². The second-order valence-corrected chi connectivity index (χ2v) is 8.43. The molecule has 1 aromatic heterocycles. The molecule has 3 heterocycles. The third kappa shape index (κ3) is 3.89. The number of amides is 1. The van der Waals surface area contributed by atoms with Crippen molar-refractivity contribution in [2.75, 3.05) is 32.0 Å². The van der Waals surface area contributed by atoms with Gasteiger partial charge >= 0.3 is 0 Å². The Morgan fingerprint density at radius 2 is 1.89 bits per heavy atom. The monoisotopic (exact) mass is 495 g/mol. The van der Waals surface area contributed by atoms with E-state index < -0.39 is 40.8 Å². The average molecular weight is 495 g/mol. The fraction of sp³-hybridized carbons (Fsp3) is 0.231. The summed E-state index contributed by atoms with van der Waals surface area (Å²) < 4.78 is 41.8. The second kappa shape index (κ2) is 9.46. The van der Waals surface area contributed by atoms with E-state index in [4.69, 9.17) is 9.47 Å². The number of carbonyl (C=O) groups excluding carboxylic acids is 1. The van der Waals surface area contributed by atoms with Gasteiger partial charge in [0.1, 0.15) is 19.3 Å². The first-order valence-electron chi connectivity index (χ1n) is 11.3. The Hall–Kier alpha value is -4.18. The normalized spacial score (nSPS) is 20.1. The van der Waals surface area contributed by atoms with Gasteiger partial charge in [0, 0.05) is 24.9 Å². The lowest BCUT2D eigenvalue weighted by Crippen LogP contribution is -2.58. The highest BCUT2D eigenvalue weighted by Gasteiger charge is 2.40. The standard InChI is InChI=1S/C26H23F2N3O5/c1-35-14-17-8-5-13-36-25-18(9-10-19(27)21(25)28)22(16-6-3-2-4-7-16)31-15-29(17)26(34)23-24(33)20(32)11-12-30(23)31/h2-12,17,22,33H,13-15H2,1H3/b8-5+/t17?,22-/m1/s1. The van der Waals surface area contributed by atoms with Crippen LogP contribution in [0.2, 0.25) is 0 Å². The highest BCUT2D eigenvalue weighted by molar-refractivity contribution is 5.96. The maximum atomic E-state index is 15.1. The number of aromatic nitrogens is 1. The van der Waals surface area contributed by atoms with Gasteiger partial charge in [-0.2, -0.15) is 4.39 Å². The van der Waals surface area contributed by atoms with Crippen LogP contribution in [0.5, 0.6) is 11.5 Å². The van der Waals surface area contributed by atoms with Crippen LogP contribution < -0.4 is 15.2 Å². The molecule has 186 valence electrons. The number of carbonyl (C=O) groups is 1. The van der Waals surface area contributed by atoms with Crippen LogP contribution in [0.3, 0.4) is 0 Å². The zero-order valence-corrected chi connectivity index (χ0v) is 19.3. The van der Waals surface area contributed by atoms with Gasteiger partial charge in [-0.15, -0.1) is 0 Å². The summed E-state index contributed by atoms with van der Waals surface area (Å²) in [5, 5.41) is 12.4. The number of ether oxygens (including phenoxy) is 2. The first-order valence-corrected chi connectivity index (χ1v) is 11.3. The number of nitrogens with zero attached hydrogens (tertiary/aromatic N) is 3. The molecule has 2 bridgehead atoms. The molecule has 36 heavy (non-hydrogen) atoms. The molecular weight excluding hydrogens is 472 g/mol. The van der Waals surface area contributed by atoms with Gasteiger partial charge in [-0.05, 0) is 23.8 Å². The van der Waals surface area contributed by atoms with Crippen LogP contribution >= 0.6 is 0 Å². The van der Waals surface area contributed by atoms with Gasteiger partial charge in [0.2, 0.25) is 11.2 Å². The summed E-state index contributed by atoms with van der Waals surface area (Å²) in [7, 11) is 1.48. The third-order valence-corrected chi connectivity index (χ3v) is 6.30. The lowest BCUT2D eigenvalue weighted by molar-refractivity contribution is 0.0518. The molecule has 2 aliphatic heterocycles. The van der Waals surface area contributed by atoms with Crippen molar-refractivity contribution < 1.29 is 28.2 Å². The maximum Gasteiger partial charge on any atom is 0.278 e. The van der Waals surface area contributed by atoms with Crippen LogP contribution in [-0.2, 0) is 4.74 Å². The van der Waals surface area contributed by atoms with Crippen LogP contribution in [0.15, 0.2) is 71.7 Å². The van der Waals surface area contributed by atoms with E-state index in [0.29, 0.717) is 11.1 Å². The Kier molecular flexibility index (Phi) is 6.19. The third-order valence-electron chi connectivity index (χ3n) is 6.30. The fourth-order valence-electron chi connectivity index (χ4n) is 4.64. The molecule has 2 atom stereocenters. The van der Waals surface area contributed by atoms with E-state index in [-0.39, 0.29) is 31.3 Å². The molecule has 1 amide bonds. The molecule has 1 unspecified atom stereocenters. The molecule has 3 aromatic rings. The predicted molar refractivity (Wildman–Crippen MR) is 127 cm³/mol. The number of pyridine rings is 1. The van der Waals surface area contributed by atoms with E-state index >= 15 is 4.39 Å². The van der Waals surface area contributed by atoms with E-state index in [9.17, 15) is 19.1 Å². The van der Waals surface area contributed by atoms with Crippen LogP contribution in [-0.4, -0.2) is 53.6 Å². The van der Waals surface area contributed by atoms with Crippen LogP contribution in [0.4, 0.5) is 8.78 Å². The van der Waals surface area contributed by atoms with E-state index in [0.717, 1.165) is 12.1 Å². The predicted octanol–water partition coefficient (Wildman–Crippen LogP) is 2.94. The van der Waals surface area contributed by atoms with Crippen molar-refractivity contribution in [3.05, 3.63) is 106 Å². The lowest BCUT2D eigenvalue weighted by atomic mass is 9.96. The largest absolute Gasteiger partial charge is 0.502 e. The molecule has 0 spiro atoms. The van der Waals surface area contributed by atoms with Crippen molar-refractivity contribution in [1.29, 1.82) is 0 Å². The SMILES string of the molecule is COCC1/C=C/COc2c(ccc(F)c2F)[C@@H](c2ccccc2)N2CN1C(=O)c1c(O)c(=O)ccn12. The van der Waals surface area contributed by atoms with Crippen LogP contribution in [0, 0.1) is 11.6 Å². The number of halogens is 2. The van der Waals surface area contributed by atoms with Crippen molar-refractivity contribution in [2.24, 2.45) is 0 Å². The molecule has 0 fully saturated rings. The minimum absolute atomic E-state index is 0.0233. The average Bonchev–Trinajstić information content (AvgIpc) is 2.90. The second-order valence-electron chi connectivity index (χ2n) is 8.43. The number of hydrogen-bond acceptors (Lipinski definition) is 6. The van der Waals surface area contributed by atoms with Crippen molar-refractivity contribution in [3.8, 4) is 11.5 Å². The number of rotatable bonds is 3. The lowest BCUT2D eigenvalue weighted by Gasteiger charge is -2.45. The van der Waals surface area contributed by atoms with Gasteiger partial charge in [-0.25, -0.2) is 4.39 Å². The summed E-state index contributed by atoms with van der Waals surface area (Å²) in [4.78, 5) is 27.3. The Morgan fingerprint density at radius 3 is 2.64 bits per heavy atom. The number of benzene rings is 2. The Labute approximate surface area is 205 Å². The number of aromatic hydroxyl groups is 1. The van der Waals surface area contributed by atoms with Gasteiger partial charge < -0.3 is 19.5 Å². The van der Waals surface area contributed by atoms with Crippen molar-refractivity contribution in [1.82, 2.24) is 9.58 Å². The molecule has 0 saturated heterocycles. The van der Waals surface area contributed by atoms with Crippen molar-refractivity contribution in [3.63, 3.8) is 0 Å². The summed E-state index contributed by atoms with van der Waals surface area (Å²) in [6.07, 6.45) is 4.63. The van der Waals surface area contributed by atoms with Crippen LogP contribution in [0.25, 0.3) is 0 Å². The van der Waals surface area contributed by atoms with Gasteiger partial charge in [0.25, 0.3) is 5.91 Å². The molecule has 0 radical (unpaired) electrons. The topological polar surface area (TPSA) is 84.2 Å². The summed E-state index contributed by atoms with van der Waals surface area (Å²) in [5.74, 6) is -3.75. The fourth-order valence-corrected chi connectivity index (χ4v) is 4.64. The molecule has 2 aromatic carbocycles. The quantitative estimate of drug-likeness (QED) is 0.563. The smallest absolute Gasteiger partial charge is 0.278 e. The molecule has 1 N–H and O–H groups in total. The number of fused-ring (bicyclic) bond motifs is 5. The summed E-state index contributed by atoms with van der Waals surface area (Å²) in [6, 6.07) is 11.2. The highest BCUT2D eigenvalue weighted by atomic mass is 19.2. The number of methoxy groups -OCH3 is 1. The molecule has 0 saturated carbocycles. The molecule has 0 aliphatic carbocycles. The van der Waals surface area contributed by atoms with Gasteiger partial charge in [-0.1, -0.05) is 36.4 Å². The Bertz CT molecular complexity index is 1390. The molecule has 2 aliphatic rings. The highest BCUT2D eigenvalue weighted by Crippen LogP contribution is 2.39. The molecule has 8 nitrogen and oxygen atoms in total. The molecular formula is C26H23F2N3O5. The Balaban J connectivity index is 1.83. The van der Waals surface area contributed by atoms with E-state index in [2.05, 4.69) is 0 Å². The van der Waals surface area contributed by atoms with Gasteiger partial charge in [-0.3, -0.25) is 19.3 Å². The van der Waals surface area contributed by atoms with Crippen molar-refractivity contribution >= 4 is 5.91 Å². The van der Waals surface area contributed by atoms with Crippen molar-refractivity contribution in [2.45, 2.75) is 12.1 Å². The van der Waals surface area contributed by atoms with E-state index in [1.54, 1.807) is 29.3 Å². The molecule has 10 heteroatoms. The van der Waals surface area contributed by atoms with E-state index in [1.807, 2.05) is 18.2 Å². The first-order chi connectivity index (χ1) is 17.4. The zero-order chi connectivity index (χ0) is 25.4. The Morgan fingerprint density at radius 1 is 1.11 bits per heavy atom.